The lowest BCUT2D eigenvalue weighted by molar-refractivity contribution is -0.929. The fourth-order valence-corrected chi connectivity index (χ4v) is 6.18. The van der Waals surface area contributed by atoms with Crippen molar-refractivity contribution in [1.29, 1.82) is 0 Å². The summed E-state index contributed by atoms with van der Waals surface area (Å²) in [5.74, 6) is 2.54. The summed E-state index contributed by atoms with van der Waals surface area (Å²) in [6.45, 7) is 12.7. The third-order valence-electron chi connectivity index (χ3n) is 8.65. The zero-order chi connectivity index (χ0) is 29.4. The first-order valence-corrected chi connectivity index (χ1v) is 16.3. The lowest BCUT2D eigenvalue weighted by atomic mass is 10.1. The SMILES string of the molecule is CCCC[N+](CCCC)(CCCC)CCCC.c1ccc2cc3c(cc2c1)O[B-]1(O3)Oc2cc3ccccc3cc2O1. The molecular weight excluding hydrogens is 521 g/mol. The van der Waals surface area contributed by atoms with Gasteiger partial charge in [-0.1, -0.05) is 102 Å². The van der Waals surface area contributed by atoms with Crippen LogP contribution in [0.2, 0.25) is 0 Å². The Morgan fingerprint density at radius 3 is 0.952 bits per heavy atom. The number of quaternary nitrogens is 1. The van der Waals surface area contributed by atoms with Crippen LogP contribution in [0.4, 0.5) is 0 Å². The predicted molar refractivity (Wildman–Crippen MR) is 176 cm³/mol. The molecule has 0 bridgehead atoms. The lowest BCUT2D eigenvalue weighted by Crippen LogP contribution is -2.54. The van der Waals surface area contributed by atoms with E-state index in [2.05, 4.69) is 27.7 Å². The van der Waals surface area contributed by atoms with Crippen LogP contribution in [0.15, 0.2) is 72.8 Å². The summed E-state index contributed by atoms with van der Waals surface area (Å²) in [5, 5.41) is 4.33. The Morgan fingerprint density at radius 1 is 0.452 bits per heavy atom. The van der Waals surface area contributed by atoms with Crippen LogP contribution in [0.25, 0.3) is 21.5 Å². The highest BCUT2D eigenvalue weighted by Gasteiger charge is 2.51. The summed E-state index contributed by atoms with van der Waals surface area (Å²) < 4.78 is 25.3. The summed E-state index contributed by atoms with van der Waals surface area (Å²) >= 11 is 0. The molecule has 0 aromatic heterocycles. The van der Waals surface area contributed by atoms with E-state index in [1.807, 2.05) is 72.8 Å². The van der Waals surface area contributed by atoms with Crippen LogP contribution in [-0.2, 0) is 0 Å². The summed E-state index contributed by atoms with van der Waals surface area (Å²) in [6.07, 6.45) is 11.1. The molecule has 42 heavy (non-hydrogen) atoms. The summed E-state index contributed by atoms with van der Waals surface area (Å²) in [4.78, 5) is 0. The van der Waals surface area contributed by atoms with Gasteiger partial charge in [-0.15, -0.1) is 0 Å². The van der Waals surface area contributed by atoms with Gasteiger partial charge in [-0.3, -0.25) is 0 Å². The smallest absolute Gasteiger partial charge is 0.609 e. The van der Waals surface area contributed by atoms with Crippen LogP contribution >= 0.6 is 0 Å². The highest BCUT2D eigenvalue weighted by atomic mass is 16.9. The molecule has 224 valence electrons. The van der Waals surface area contributed by atoms with Gasteiger partial charge in [-0.2, -0.15) is 0 Å². The molecule has 0 atom stereocenters. The van der Waals surface area contributed by atoms with Gasteiger partial charge < -0.3 is 23.1 Å². The molecule has 2 aliphatic rings. The number of unbranched alkanes of at least 4 members (excludes halogenated alkanes) is 4. The molecule has 6 rings (SSSR count). The number of benzene rings is 4. The standard InChI is InChI=1S/C20H12BO4.C16H36N/c1-2-6-14-10-18-17(9-13(14)5-1)22-21(23-18)24-19-11-15-7-3-4-8-16(15)12-20(19)25-21;1-5-9-13-17(14-10-6-2,15-11-7-3)16-12-8-4/h1-12H;5-16H2,1-4H3/q-1;+1. The Hall–Kier alpha value is -3.38. The fourth-order valence-electron chi connectivity index (χ4n) is 6.18. The Morgan fingerprint density at radius 2 is 0.714 bits per heavy atom. The van der Waals surface area contributed by atoms with Crippen molar-refractivity contribution in [1.82, 2.24) is 0 Å². The van der Waals surface area contributed by atoms with E-state index in [9.17, 15) is 0 Å². The first-order valence-electron chi connectivity index (χ1n) is 16.3. The third kappa shape index (κ3) is 6.81. The Bertz CT molecular complexity index is 1250. The van der Waals surface area contributed by atoms with Crippen molar-refractivity contribution in [2.75, 3.05) is 26.2 Å². The zero-order valence-corrected chi connectivity index (χ0v) is 26.1. The first kappa shape index (κ1) is 30.1. The number of hydrogen-bond acceptors (Lipinski definition) is 4. The molecule has 2 heterocycles. The number of rotatable bonds is 12. The van der Waals surface area contributed by atoms with E-state index in [0.29, 0.717) is 23.0 Å². The Kier molecular flexibility index (Phi) is 9.84. The molecule has 0 fully saturated rings. The second-order valence-electron chi connectivity index (χ2n) is 12.0. The van der Waals surface area contributed by atoms with Gasteiger partial charge in [0.1, 0.15) is 23.0 Å². The van der Waals surface area contributed by atoms with Crippen LogP contribution in [0.3, 0.4) is 0 Å². The second-order valence-corrected chi connectivity index (χ2v) is 12.0. The molecule has 0 unspecified atom stereocenters. The van der Waals surface area contributed by atoms with Crippen molar-refractivity contribution in [3.63, 3.8) is 0 Å². The normalized spacial score (nSPS) is 14.4. The van der Waals surface area contributed by atoms with E-state index < -0.39 is 6.96 Å². The van der Waals surface area contributed by atoms with Gasteiger partial charge in [0.05, 0.1) is 26.2 Å². The maximum Gasteiger partial charge on any atom is 0.777 e. The van der Waals surface area contributed by atoms with Gasteiger partial charge in [0.25, 0.3) is 0 Å². The first-order chi connectivity index (χ1) is 20.5. The van der Waals surface area contributed by atoms with Crippen molar-refractivity contribution in [3.8, 4) is 23.0 Å². The molecule has 0 radical (unpaired) electrons. The largest absolute Gasteiger partial charge is 0.777 e. The molecule has 1 spiro atoms. The topological polar surface area (TPSA) is 36.9 Å². The van der Waals surface area contributed by atoms with Crippen molar-refractivity contribution in [2.24, 2.45) is 0 Å². The Balaban J connectivity index is 0.000000184. The van der Waals surface area contributed by atoms with Gasteiger partial charge in [0, 0.05) is 0 Å². The molecule has 0 amide bonds. The quantitative estimate of drug-likeness (QED) is 0.126. The minimum atomic E-state index is -2.35. The van der Waals surface area contributed by atoms with Gasteiger partial charge in [-0.05, 0) is 71.5 Å². The van der Waals surface area contributed by atoms with E-state index in [1.54, 1.807) is 0 Å². The van der Waals surface area contributed by atoms with E-state index in [1.165, 1.54) is 82.0 Å². The van der Waals surface area contributed by atoms with Crippen molar-refractivity contribution < 1.29 is 23.1 Å². The molecule has 0 saturated heterocycles. The summed E-state index contributed by atoms with van der Waals surface area (Å²) in [5.41, 5.74) is 0. The minimum absolute atomic E-state index is 0.635. The average Bonchev–Trinajstić information content (AvgIpc) is 3.54. The zero-order valence-electron chi connectivity index (χ0n) is 26.1. The fraction of sp³-hybridized carbons (Fsp3) is 0.444. The van der Waals surface area contributed by atoms with Crippen molar-refractivity contribution in [2.45, 2.75) is 79.1 Å². The van der Waals surface area contributed by atoms with E-state index in [4.69, 9.17) is 18.6 Å². The molecule has 4 aromatic rings. The highest BCUT2D eigenvalue weighted by molar-refractivity contribution is 6.59. The van der Waals surface area contributed by atoms with Crippen LogP contribution in [0.1, 0.15) is 79.1 Å². The number of fused-ring (bicyclic) bond motifs is 4. The second kappa shape index (κ2) is 13.7. The molecule has 4 aromatic carbocycles. The Labute approximate surface area is 252 Å². The number of hydrogen-bond donors (Lipinski definition) is 0. The molecule has 0 N–H and O–H groups in total. The minimum Gasteiger partial charge on any atom is -0.609 e. The van der Waals surface area contributed by atoms with E-state index >= 15 is 0 Å². The average molecular weight is 570 g/mol. The predicted octanol–water partition coefficient (Wildman–Crippen LogP) is 9.67. The van der Waals surface area contributed by atoms with Crippen molar-refractivity contribution in [3.05, 3.63) is 72.8 Å². The molecule has 0 saturated carbocycles. The highest BCUT2D eigenvalue weighted by Crippen LogP contribution is 2.47. The van der Waals surface area contributed by atoms with Gasteiger partial charge in [0.2, 0.25) is 0 Å². The summed E-state index contributed by atoms with van der Waals surface area (Å²) in [6, 6.07) is 23.9. The van der Waals surface area contributed by atoms with Crippen LogP contribution in [-0.4, -0.2) is 37.6 Å². The summed E-state index contributed by atoms with van der Waals surface area (Å²) in [7, 11) is 0. The van der Waals surface area contributed by atoms with Crippen molar-refractivity contribution >= 4 is 28.5 Å². The molecular formula is C36H48BNO4. The van der Waals surface area contributed by atoms with Crippen LogP contribution < -0.4 is 18.6 Å². The van der Waals surface area contributed by atoms with Crippen LogP contribution in [0, 0.1) is 0 Å². The molecule has 6 heteroatoms. The van der Waals surface area contributed by atoms with Gasteiger partial charge in [-0.25, -0.2) is 0 Å². The lowest BCUT2D eigenvalue weighted by Gasteiger charge is -2.39. The van der Waals surface area contributed by atoms with Gasteiger partial charge >= 0.3 is 6.96 Å². The molecule has 0 aliphatic carbocycles. The maximum absolute atomic E-state index is 5.97. The maximum atomic E-state index is 5.97. The monoisotopic (exact) mass is 569 g/mol. The molecule has 2 aliphatic heterocycles. The molecule has 5 nitrogen and oxygen atoms in total. The van der Waals surface area contributed by atoms with E-state index in [-0.39, 0.29) is 0 Å². The third-order valence-corrected chi connectivity index (χ3v) is 8.65. The number of nitrogens with zero attached hydrogens (tertiary/aromatic N) is 1. The van der Waals surface area contributed by atoms with E-state index in [0.717, 1.165) is 21.5 Å². The van der Waals surface area contributed by atoms with Gasteiger partial charge in [0.15, 0.2) is 0 Å². The van der Waals surface area contributed by atoms with Crippen LogP contribution in [0.5, 0.6) is 23.0 Å².